The summed E-state index contributed by atoms with van der Waals surface area (Å²) in [5.74, 6) is -2.51. The Morgan fingerprint density at radius 2 is 1.56 bits per heavy atom. The Morgan fingerprint density at radius 1 is 1.17 bits per heavy atom. The molecule has 0 saturated heterocycles. The van der Waals surface area contributed by atoms with Gasteiger partial charge in [-0.25, -0.2) is 14.2 Å². The molecule has 0 aliphatic rings. The zero-order chi connectivity index (χ0) is 14.8. The number of hydrogen-bond donors (Lipinski definition) is 6. The summed E-state index contributed by atoms with van der Waals surface area (Å²) < 4.78 is 13.8. The lowest BCUT2D eigenvalue weighted by Crippen LogP contribution is -2.18. The number of aliphatic carboxylic acids is 2. The molecule has 0 radical (unpaired) electrons. The average molecular weight is 288 g/mol. The zero-order valence-corrected chi connectivity index (χ0v) is 9.80. The molecule has 106 valence electrons. The molecule has 0 spiro atoms. The number of carboxylic acid groups (broad SMARTS) is 2. The third-order valence-electron chi connectivity index (χ3n) is 1.01. The van der Waals surface area contributed by atoms with Crippen molar-refractivity contribution in [3.8, 4) is 0 Å². The summed E-state index contributed by atoms with van der Waals surface area (Å²) in [6, 6.07) is 0. The summed E-state index contributed by atoms with van der Waals surface area (Å²) in [4.78, 5) is 35.2. The fraction of sp³-hybridized carbons (Fsp3) is 0.429. The summed E-state index contributed by atoms with van der Waals surface area (Å²) in [5, 5.41) is 32.3. The van der Waals surface area contributed by atoms with Crippen molar-refractivity contribution in [2.75, 3.05) is 13.2 Å². The van der Waals surface area contributed by atoms with Gasteiger partial charge in [0.25, 0.3) is 0 Å². The Hall–Kier alpha value is -1.29. The van der Waals surface area contributed by atoms with E-state index in [1.54, 1.807) is 0 Å². The number of carboxylic acids is 2. The minimum absolute atomic E-state index is 0.558. The summed E-state index contributed by atoms with van der Waals surface area (Å²) in [6.07, 6.45) is -0.127. The van der Waals surface area contributed by atoms with Gasteiger partial charge in [0, 0.05) is 12.2 Å². The molecule has 0 aliphatic heterocycles. The van der Waals surface area contributed by atoms with Gasteiger partial charge < -0.3 is 30.2 Å². The van der Waals surface area contributed by atoms with E-state index in [0.29, 0.717) is 12.2 Å². The van der Waals surface area contributed by atoms with E-state index in [0.717, 1.165) is 0 Å². The first-order valence-corrected chi connectivity index (χ1v) is 5.74. The molecule has 0 fully saturated rings. The predicted octanol–water partition coefficient (Wildman–Crippen LogP) is -1.84. The third kappa shape index (κ3) is 20.2. The van der Waals surface area contributed by atoms with Crippen LogP contribution in [0.15, 0.2) is 12.2 Å². The van der Waals surface area contributed by atoms with Crippen molar-refractivity contribution >= 4 is 19.8 Å². The van der Waals surface area contributed by atoms with E-state index >= 15 is 0 Å². The molecule has 11 heteroatoms. The van der Waals surface area contributed by atoms with Crippen molar-refractivity contribution in [1.82, 2.24) is 0 Å². The van der Waals surface area contributed by atoms with Crippen LogP contribution in [0.4, 0.5) is 0 Å². The van der Waals surface area contributed by atoms with E-state index in [2.05, 4.69) is 4.52 Å². The standard InChI is InChI=1S/C4H4O4.C3H9O6P/c5-3(6)1-2-4(7)8;4-1-3(5)2-9-10(6,7)8/h1-2H,(H,5,6)(H,7,8);3-5H,1-2H2,(H2,6,7,8)/b2-1-;. The number of aliphatic hydroxyl groups excluding tert-OH is 2. The van der Waals surface area contributed by atoms with Gasteiger partial charge >= 0.3 is 19.8 Å². The molecule has 0 aromatic heterocycles. The quantitative estimate of drug-likeness (QED) is 0.240. The largest absolute Gasteiger partial charge is 0.478 e. The molecule has 18 heavy (non-hydrogen) atoms. The summed E-state index contributed by atoms with van der Waals surface area (Å²) in [7, 11) is -4.50. The second kappa shape index (κ2) is 9.71. The van der Waals surface area contributed by atoms with Crippen molar-refractivity contribution in [1.29, 1.82) is 0 Å². The Balaban J connectivity index is 0. The van der Waals surface area contributed by atoms with E-state index in [4.69, 9.17) is 30.2 Å². The van der Waals surface area contributed by atoms with Gasteiger partial charge in [0.2, 0.25) is 0 Å². The van der Waals surface area contributed by atoms with E-state index in [1.165, 1.54) is 0 Å². The van der Waals surface area contributed by atoms with Crippen LogP contribution in [0.5, 0.6) is 0 Å². The molecule has 10 nitrogen and oxygen atoms in total. The molecule has 0 amide bonds. The number of hydrogen-bond acceptors (Lipinski definition) is 6. The van der Waals surface area contributed by atoms with Gasteiger partial charge in [-0.3, -0.25) is 4.52 Å². The minimum Gasteiger partial charge on any atom is -0.478 e. The summed E-state index contributed by atoms with van der Waals surface area (Å²) >= 11 is 0. The molecular formula is C7H13O10P. The van der Waals surface area contributed by atoms with Gasteiger partial charge in [-0.15, -0.1) is 0 Å². The molecule has 1 unspecified atom stereocenters. The van der Waals surface area contributed by atoms with Crippen LogP contribution in [0.2, 0.25) is 0 Å². The molecule has 0 aromatic carbocycles. The molecule has 1 atom stereocenters. The highest BCUT2D eigenvalue weighted by Crippen LogP contribution is 2.35. The van der Waals surface area contributed by atoms with E-state index in [-0.39, 0.29) is 0 Å². The number of carbonyl (C=O) groups is 2. The number of rotatable bonds is 6. The highest BCUT2D eigenvalue weighted by Gasteiger charge is 2.15. The molecule has 0 saturated carbocycles. The lowest BCUT2D eigenvalue weighted by molar-refractivity contribution is -0.134. The monoisotopic (exact) mass is 288 g/mol. The Bertz CT molecular complexity index is 315. The third-order valence-corrected chi connectivity index (χ3v) is 1.50. The van der Waals surface area contributed by atoms with Gasteiger partial charge in [0.1, 0.15) is 6.10 Å². The second-order valence-electron chi connectivity index (χ2n) is 2.63. The molecule has 0 aliphatic carbocycles. The fourth-order valence-corrected chi connectivity index (χ4v) is 0.745. The van der Waals surface area contributed by atoms with Gasteiger partial charge in [-0.2, -0.15) is 0 Å². The number of phosphoric acid groups is 1. The molecule has 0 rings (SSSR count). The zero-order valence-electron chi connectivity index (χ0n) is 8.91. The topological polar surface area (TPSA) is 182 Å². The van der Waals surface area contributed by atoms with Crippen LogP contribution in [0.25, 0.3) is 0 Å². The van der Waals surface area contributed by atoms with Crippen LogP contribution in [0, 0.1) is 0 Å². The molecule has 0 bridgehead atoms. The van der Waals surface area contributed by atoms with Crippen LogP contribution in [0.3, 0.4) is 0 Å². The van der Waals surface area contributed by atoms with E-state index < -0.39 is 39.1 Å². The SMILES string of the molecule is O=C(O)/C=C\C(=O)O.O=P(O)(O)OCC(O)CO. The van der Waals surface area contributed by atoms with Crippen LogP contribution in [0.1, 0.15) is 0 Å². The first-order valence-electron chi connectivity index (χ1n) is 4.21. The van der Waals surface area contributed by atoms with Crippen molar-refractivity contribution in [3.05, 3.63) is 12.2 Å². The lowest BCUT2D eigenvalue weighted by atomic mass is 10.4. The highest BCUT2D eigenvalue weighted by molar-refractivity contribution is 7.46. The minimum atomic E-state index is -4.50. The first kappa shape index (κ1) is 19.1. The molecule has 6 N–H and O–H groups in total. The van der Waals surface area contributed by atoms with E-state index in [1.807, 2.05) is 0 Å². The predicted molar refractivity (Wildman–Crippen MR) is 55.5 cm³/mol. The van der Waals surface area contributed by atoms with Gasteiger partial charge in [0.05, 0.1) is 13.2 Å². The highest BCUT2D eigenvalue weighted by atomic mass is 31.2. The molecule has 0 heterocycles. The fourth-order valence-electron chi connectivity index (χ4n) is 0.378. The van der Waals surface area contributed by atoms with Crippen LogP contribution < -0.4 is 0 Å². The van der Waals surface area contributed by atoms with Crippen LogP contribution >= 0.6 is 7.82 Å². The maximum atomic E-state index is 9.93. The Labute approximate surface area is 101 Å². The first-order chi connectivity index (χ1) is 8.08. The van der Waals surface area contributed by atoms with E-state index in [9.17, 15) is 14.2 Å². The van der Waals surface area contributed by atoms with Crippen LogP contribution in [-0.2, 0) is 18.7 Å². The summed E-state index contributed by atoms with van der Waals surface area (Å²) in [6.45, 7) is -1.15. The number of aliphatic hydroxyl groups is 2. The smallest absolute Gasteiger partial charge is 0.469 e. The Morgan fingerprint density at radius 3 is 1.78 bits per heavy atom. The van der Waals surface area contributed by atoms with Crippen LogP contribution in [-0.4, -0.2) is 61.5 Å². The second-order valence-corrected chi connectivity index (χ2v) is 3.87. The Kier molecular flexibility index (Phi) is 10.3. The molecule has 0 aromatic rings. The number of phosphoric ester groups is 1. The maximum Gasteiger partial charge on any atom is 0.469 e. The summed E-state index contributed by atoms with van der Waals surface area (Å²) in [5.41, 5.74) is 0. The van der Waals surface area contributed by atoms with Crippen molar-refractivity contribution < 1.29 is 48.9 Å². The van der Waals surface area contributed by atoms with Crippen molar-refractivity contribution in [2.24, 2.45) is 0 Å². The van der Waals surface area contributed by atoms with Gasteiger partial charge in [-0.05, 0) is 0 Å². The van der Waals surface area contributed by atoms with Gasteiger partial charge in [-0.1, -0.05) is 0 Å². The maximum absolute atomic E-state index is 9.93. The normalized spacial score (nSPS) is 12.7. The molecular weight excluding hydrogens is 275 g/mol. The average Bonchev–Trinajstić information content (AvgIpc) is 2.23. The lowest BCUT2D eigenvalue weighted by Gasteiger charge is -2.07. The van der Waals surface area contributed by atoms with Crippen molar-refractivity contribution in [2.45, 2.75) is 6.10 Å². The van der Waals surface area contributed by atoms with Crippen molar-refractivity contribution in [3.63, 3.8) is 0 Å². The van der Waals surface area contributed by atoms with Gasteiger partial charge in [0.15, 0.2) is 0 Å².